The largest absolute Gasteiger partial charge is 0.503 e. The van der Waals surface area contributed by atoms with E-state index in [-0.39, 0.29) is 12.3 Å². The Balaban J connectivity index is 2.93. The fourth-order valence-corrected chi connectivity index (χ4v) is 0.990. The molecule has 0 heterocycles. The quantitative estimate of drug-likeness (QED) is 0.345. The van der Waals surface area contributed by atoms with Gasteiger partial charge in [0.2, 0.25) is 0 Å². The van der Waals surface area contributed by atoms with E-state index in [4.69, 9.17) is 10.3 Å². The zero-order valence-electron chi connectivity index (χ0n) is 8.14. The van der Waals surface area contributed by atoms with E-state index in [0.717, 1.165) is 0 Å². The predicted molar refractivity (Wildman–Crippen MR) is 55.5 cm³/mol. The molecule has 0 fully saturated rings. The second-order valence-electron chi connectivity index (χ2n) is 2.55. The summed E-state index contributed by atoms with van der Waals surface area (Å²) in [5.74, 6) is 5.65. The molecule has 1 N–H and O–H groups in total. The molecule has 1 rings (SSSR count). The molecule has 1 aromatic rings. The number of nitrogens with zero attached hydrogens (tertiary/aromatic N) is 3. The van der Waals surface area contributed by atoms with Gasteiger partial charge in [-0.1, -0.05) is 23.0 Å². The van der Waals surface area contributed by atoms with Crippen LogP contribution >= 0.6 is 0 Å². The summed E-state index contributed by atoms with van der Waals surface area (Å²) in [6.07, 6.45) is 0. The fourth-order valence-electron chi connectivity index (χ4n) is 0.990. The van der Waals surface area contributed by atoms with Gasteiger partial charge < -0.3 is 9.84 Å². The number of phenols is 1. The summed E-state index contributed by atoms with van der Waals surface area (Å²) in [6, 6.07) is 5.00. The lowest BCUT2D eigenvalue weighted by molar-refractivity contribution is 0.373. The number of ether oxygens (including phenoxy) is 1. The van der Waals surface area contributed by atoms with Crippen LogP contribution in [0.25, 0.3) is 10.4 Å². The molecule has 1 aromatic carbocycles. The molecule has 5 nitrogen and oxygen atoms in total. The Morgan fingerprint density at radius 2 is 2.40 bits per heavy atom. The normalized spacial score (nSPS) is 8.33. The van der Waals surface area contributed by atoms with Gasteiger partial charge in [-0.15, -0.1) is 0 Å². The highest BCUT2D eigenvalue weighted by Gasteiger charge is 2.03. The van der Waals surface area contributed by atoms with Crippen molar-refractivity contribution in [1.82, 2.24) is 0 Å². The molecule has 0 aromatic heterocycles. The molecule has 0 radical (unpaired) electrons. The topological polar surface area (TPSA) is 78.2 Å². The summed E-state index contributed by atoms with van der Waals surface area (Å²) in [6.45, 7) is 0.0765. The van der Waals surface area contributed by atoms with Gasteiger partial charge in [0.05, 0.1) is 19.2 Å². The van der Waals surface area contributed by atoms with E-state index in [1.54, 1.807) is 18.2 Å². The minimum Gasteiger partial charge on any atom is -0.503 e. The van der Waals surface area contributed by atoms with E-state index in [1.165, 1.54) is 7.11 Å². The molecule has 0 bridgehead atoms. The first-order valence-electron chi connectivity index (χ1n) is 4.15. The van der Waals surface area contributed by atoms with E-state index < -0.39 is 0 Å². The van der Waals surface area contributed by atoms with Crippen molar-refractivity contribution in [2.75, 3.05) is 13.7 Å². The van der Waals surface area contributed by atoms with Gasteiger partial charge in [0.25, 0.3) is 0 Å². The molecule has 0 amide bonds. The summed E-state index contributed by atoms with van der Waals surface area (Å²) >= 11 is 0. The molecule has 0 aliphatic rings. The summed E-state index contributed by atoms with van der Waals surface area (Å²) in [5.41, 5.74) is 8.47. The third-order valence-corrected chi connectivity index (χ3v) is 1.65. The Morgan fingerprint density at radius 3 is 3.07 bits per heavy atom. The molecule has 15 heavy (non-hydrogen) atoms. The van der Waals surface area contributed by atoms with Crippen LogP contribution in [-0.4, -0.2) is 18.8 Å². The van der Waals surface area contributed by atoms with Gasteiger partial charge in [-0.25, -0.2) is 0 Å². The van der Waals surface area contributed by atoms with Crippen molar-refractivity contribution in [2.24, 2.45) is 5.11 Å². The number of benzene rings is 1. The summed E-state index contributed by atoms with van der Waals surface area (Å²) in [4.78, 5) is 2.56. The van der Waals surface area contributed by atoms with Gasteiger partial charge >= 0.3 is 0 Å². The molecule has 0 atom stereocenters. The van der Waals surface area contributed by atoms with Crippen molar-refractivity contribution in [3.05, 3.63) is 34.2 Å². The Bertz CT molecular complexity index is 453. The first kappa shape index (κ1) is 10.8. The van der Waals surface area contributed by atoms with Gasteiger partial charge in [0.15, 0.2) is 11.5 Å². The molecule has 5 heteroatoms. The van der Waals surface area contributed by atoms with Crippen LogP contribution in [0.1, 0.15) is 5.56 Å². The first-order chi connectivity index (χ1) is 7.29. The molecule has 0 unspecified atom stereocenters. The van der Waals surface area contributed by atoms with Crippen LogP contribution < -0.4 is 4.74 Å². The van der Waals surface area contributed by atoms with E-state index >= 15 is 0 Å². The van der Waals surface area contributed by atoms with Crippen LogP contribution in [0.2, 0.25) is 0 Å². The number of methoxy groups -OCH3 is 1. The SMILES string of the molecule is COc1cccc(C#CCN=[N+]=[N-])c1O. The minimum atomic E-state index is -0.00608. The van der Waals surface area contributed by atoms with Crippen LogP contribution in [-0.2, 0) is 0 Å². The number of para-hydroxylation sites is 1. The zero-order chi connectivity index (χ0) is 11.1. The first-order valence-corrected chi connectivity index (χ1v) is 4.15. The summed E-state index contributed by atoms with van der Waals surface area (Å²) in [7, 11) is 1.46. The maximum atomic E-state index is 9.61. The van der Waals surface area contributed by atoms with Crippen molar-refractivity contribution < 1.29 is 9.84 Å². The number of rotatable bonds is 2. The van der Waals surface area contributed by atoms with Crippen molar-refractivity contribution in [3.8, 4) is 23.3 Å². The van der Waals surface area contributed by atoms with Crippen LogP contribution in [0.4, 0.5) is 0 Å². The third kappa shape index (κ3) is 2.83. The van der Waals surface area contributed by atoms with Gasteiger partial charge in [-0.3, -0.25) is 0 Å². The van der Waals surface area contributed by atoms with E-state index in [9.17, 15) is 5.11 Å². The van der Waals surface area contributed by atoms with Crippen molar-refractivity contribution in [3.63, 3.8) is 0 Å². The molecular formula is C10H9N3O2. The lowest BCUT2D eigenvalue weighted by Gasteiger charge is -2.03. The standard InChI is InChI=1S/C10H9N3O2/c1-15-9-6-2-4-8(10(9)14)5-3-7-12-13-11/h2,4,6,14H,7H2,1H3. The van der Waals surface area contributed by atoms with E-state index in [2.05, 4.69) is 21.9 Å². The average molecular weight is 203 g/mol. The highest BCUT2D eigenvalue weighted by atomic mass is 16.5. The lowest BCUT2D eigenvalue weighted by Crippen LogP contribution is -1.85. The molecule has 0 aliphatic heterocycles. The van der Waals surface area contributed by atoms with Crippen molar-refractivity contribution in [2.45, 2.75) is 0 Å². The third-order valence-electron chi connectivity index (χ3n) is 1.65. The maximum absolute atomic E-state index is 9.61. The number of hydrogen-bond donors (Lipinski definition) is 1. The number of phenolic OH excluding ortho intramolecular Hbond substituents is 1. The van der Waals surface area contributed by atoms with Gasteiger partial charge in [-0.05, 0) is 17.7 Å². The van der Waals surface area contributed by atoms with Crippen LogP contribution in [0, 0.1) is 11.8 Å². The molecule has 76 valence electrons. The fraction of sp³-hybridized carbons (Fsp3) is 0.200. The molecular weight excluding hydrogens is 194 g/mol. The summed E-state index contributed by atoms with van der Waals surface area (Å²) in [5, 5.41) is 12.9. The second-order valence-corrected chi connectivity index (χ2v) is 2.55. The Hall–Kier alpha value is -2.31. The highest BCUT2D eigenvalue weighted by Crippen LogP contribution is 2.28. The van der Waals surface area contributed by atoms with Gasteiger partial charge in [0, 0.05) is 4.91 Å². The van der Waals surface area contributed by atoms with Crippen LogP contribution in [0.3, 0.4) is 0 Å². The zero-order valence-corrected chi connectivity index (χ0v) is 8.14. The smallest absolute Gasteiger partial charge is 0.173 e. The van der Waals surface area contributed by atoms with Crippen LogP contribution in [0.15, 0.2) is 23.3 Å². The Morgan fingerprint density at radius 1 is 1.60 bits per heavy atom. The lowest BCUT2D eigenvalue weighted by atomic mass is 10.2. The predicted octanol–water partition coefficient (Wildman–Crippen LogP) is 2.06. The van der Waals surface area contributed by atoms with Crippen LogP contribution in [0.5, 0.6) is 11.5 Å². The van der Waals surface area contributed by atoms with Gasteiger partial charge in [0.1, 0.15) is 0 Å². The summed E-state index contributed by atoms with van der Waals surface area (Å²) < 4.78 is 4.91. The molecule has 0 saturated heterocycles. The monoisotopic (exact) mass is 203 g/mol. The number of azide groups is 1. The number of aromatic hydroxyl groups is 1. The number of hydrogen-bond acceptors (Lipinski definition) is 3. The minimum absolute atomic E-state index is 0.00608. The average Bonchev–Trinajstić information content (AvgIpc) is 2.26. The Labute approximate surface area is 86.9 Å². The maximum Gasteiger partial charge on any atom is 0.173 e. The van der Waals surface area contributed by atoms with E-state index in [0.29, 0.717) is 11.3 Å². The Kier molecular flexibility index (Phi) is 3.90. The van der Waals surface area contributed by atoms with Crippen molar-refractivity contribution in [1.29, 1.82) is 0 Å². The molecule has 0 spiro atoms. The molecule has 0 saturated carbocycles. The second kappa shape index (κ2) is 5.43. The van der Waals surface area contributed by atoms with Crippen molar-refractivity contribution >= 4 is 0 Å². The van der Waals surface area contributed by atoms with E-state index in [1.807, 2.05) is 0 Å². The highest BCUT2D eigenvalue weighted by molar-refractivity contribution is 5.53. The van der Waals surface area contributed by atoms with Gasteiger partial charge in [-0.2, -0.15) is 0 Å². The molecule has 0 aliphatic carbocycles.